The molecule has 19 heavy (non-hydrogen) atoms. The van der Waals surface area contributed by atoms with Gasteiger partial charge < -0.3 is 10.3 Å². The second kappa shape index (κ2) is 4.87. The molecule has 1 heterocycles. The van der Waals surface area contributed by atoms with Crippen LogP contribution in [0.25, 0.3) is 11.0 Å². The van der Waals surface area contributed by atoms with E-state index < -0.39 is 18.3 Å². The summed E-state index contributed by atoms with van der Waals surface area (Å²) in [6.45, 7) is -0.379. The zero-order valence-corrected chi connectivity index (χ0v) is 9.46. The minimum absolute atomic E-state index is 0.208. The Hall–Kier alpha value is -2.12. The van der Waals surface area contributed by atoms with Crippen molar-refractivity contribution in [1.82, 2.24) is 15.3 Å². The lowest BCUT2D eigenvalue weighted by Crippen LogP contribution is -2.44. The maximum absolute atomic E-state index is 12.7. The largest absolute Gasteiger partial charge is 0.383 e. The molecule has 0 aliphatic heterocycles. The Morgan fingerprint density at radius 3 is 2.68 bits per heavy atom. The van der Waals surface area contributed by atoms with Crippen molar-refractivity contribution in [2.45, 2.75) is 18.9 Å². The number of halogens is 4. The third kappa shape index (κ3) is 2.67. The van der Waals surface area contributed by atoms with Gasteiger partial charge in [0.1, 0.15) is 5.82 Å². The number of imidazole rings is 1. The molecule has 8 heteroatoms. The Morgan fingerprint density at radius 1 is 1.37 bits per heavy atom. The number of carbonyl (C=O) groups is 1. The SMILES string of the molecule is O=C(NCc1nc2ccccc2[nH]1)C(F)(F)C(F)F. The van der Waals surface area contributed by atoms with E-state index in [1.165, 1.54) is 0 Å². The number of aromatic amines is 1. The van der Waals surface area contributed by atoms with Gasteiger partial charge in [-0.2, -0.15) is 8.78 Å². The Kier molecular flexibility index (Phi) is 3.41. The molecular formula is C11H9F4N3O. The smallest absolute Gasteiger partial charge is 0.343 e. The van der Waals surface area contributed by atoms with Crippen molar-refractivity contribution in [2.75, 3.05) is 0 Å². The number of fused-ring (bicyclic) bond motifs is 1. The van der Waals surface area contributed by atoms with E-state index >= 15 is 0 Å². The van der Waals surface area contributed by atoms with Crippen LogP contribution in [0.3, 0.4) is 0 Å². The molecule has 0 saturated heterocycles. The number of H-pyrrole nitrogens is 1. The second-order valence-electron chi connectivity index (χ2n) is 3.81. The number of rotatable bonds is 4. The molecular weight excluding hydrogens is 266 g/mol. The van der Waals surface area contributed by atoms with E-state index in [2.05, 4.69) is 9.97 Å². The zero-order chi connectivity index (χ0) is 14.0. The highest BCUT2D eigenvalue weighted by Crippen LogP contribution is 2.22. The highest BCUT2D eigenvalue weighted by atomic mass is 19.3. The summed E-state index contributed by atoms with van der Waals surface area (Å²) < 4.78 is 49.2. The van der Waals surface area contributed by atoms with Gasteiger partial charge in [-0.15, -0.1) is 0 Å². The molecule has 0 aliphatic rings. The van der Waals surface area contributed by atoms with Gasteiger partial charge in [0.25, 0.3) is 5.91 Å². The molecule has 1 aromatic carbocycles. The van der Waals surface area contributed by atoms with Crippen molar-refractivity contribution in [3.05, 3.63) is 30.1 Å². The second-order valence-corrected chi connectivity index (χ2v) is 3.81. The van der Waals surface area contributed by atoms with Crippen molar-refractivity contribution in [2.24, 2.45) is 0 Å². The van der Waals surface area contributed by atoms with Crippen LogP contribution in [-0.2, 0) is 11.3 Å². The van der Waals surface area contributed by atoms with Crippen LogP contribution in [0.15, 0.2) is 24.3 Å². The molecule has 0 spiro atoms. The fourth-order valence-corrected chi connectivity index (χ4v) is 1.47. The number of hydrogen-bond donors (Lipinski definition) is 2. The average molecular weight is 275 g/mol. The van der Waals surface area contributed by atoms with Crippen molar-refractivity contribution in [1.29, 1.82) is 0 Å². The van der Waals surface area contributed by atoms with Crippen molar-refractivity contribution in [3.63, 3.8) is 0 Å². The molecule has 0 bridgehead atoms. The highest BCUT2D eigenvalue weighted by Gasteiger charge is 2.48. The van der Waals surface area contributed by atoms with Crippen LogP contribution >= 0.6 is 0 Å². The normalized spacial score (nSPS) is 12.1. The van der Waals surface area contributed by atoms with Gasteiger partial charge in [-0.05, 0) is 12.1 Å². The number of nitrogens with zero attached hydrogens (tertiary/aromatic N) is 1. The molecule has 1 amide bonds. The van der Waals surface area contributed by atoms with E-state index in [0.717, 1.165) is 0 Å². The molecule has 102 valence electrons. The molecule has 2 N–H and O–H groups in total. The third-order valence-corrected chi connectivity index (χ3v) is 2.43. The van der Waals surface area contributed by atoms with E-state index in [9.17, 15) is 22.4 Å². The maximum Gasteiger partial charge on any atom is 0.383 e. The van der Waals surface area contributed by atoms with Crippen LogP contribution in [0.1, 0.15) is 5.82 Å². The van der Waals surface area contributed by atoms with Gasteiger partial charge in [-0.25, -0.2) is 13.8 Å². The molecule has 0 atom stereocenters. The minimum atomic E-state index is -4.70. The zero-order valence-electron chi connectivity index (χ0n) is 9.46. The van der Waals surface area contributed by atoms with E-state index in [0.29, 0.717) is 11.0 Å². The predicted octanol–water partition coefficient (Wildman–Crippen LogP) is 2.08. The van der Waals surface area contributed by atoms with Gasteiger partial charge in [0.15, 0.2) is 0 Å². The summed E-state index contributed by atoms with van der Waals surface area (Å²) in [5.41, 5.74) is 1.25. The molecule has 0 saturated carbocycles. The summed E-state index contributed by atoms with van der Waals surface area (Å²) in [4.78, 5) is 17.7. The lowest BCUT2D eigenvalue weighted by molar-refractivity contribution is -0.169. The van der Waals surface area contributed by atoms with Gasteiger partial charge in [-0.3, -0.25) is 4.79 Å². The molecule has 2 rings (SSSR count). The lowest BCUT2D eigenvalue weighted by Gasteiger charge is -2.13. The van der Waals surface area contributed by atoms with Gasteiger partial charge in [0.2, 0.25) is 0 Å². The number of para-hydroxylation sites is 2. The Labute approximate surface area is 104 Å². The first kappa shape index (κ1) is 13.3. The van der Waals surface area contributed by atoms with E-state index in [1.54, 1.807) is 29.6 Å². The first-order valence-corrected chi connectivity index (χ1v) is 5.29. The van der Waals surface area contributed by atoms with Gasteiger partial charge in [0, 0.05) is 0 Å². The molecule has 2 aromatic rings. The van der Waals surface area contributed by atoms with Crippen LogP contribution in [-0.4, -0.2) is 28.2 Å². The fraction of sp³-hybridized carbons (Fsp3) is 0.273. The lowest BCUT2D eigenvalue weighted by atomic mass is 10.3. The number of nitrogens with one attached hydrogen (secondary N) is 2. The Morgan fingerprint density at radius 2 is 2.05 bits per heavy atom. The molecule has 0 radical (unpaired) electrons. The number of aromatic nitrogens is 2. The third-order valence-electron chi connectivity index (χ3n) is 2.43. The monoisotopic (exact) mass is 275 g/mol. The van der Waals surface area contributed by atoms with Crippen LogP contribution in [0.2, 0.25) is 0 Å². The summed E-state index contributed by atoms with van der Waals surface area (Å²) in [7, 11) is 0. The Bertz CT molecular complexity index is 563. The highest BCUT2D eigenvalue weighted by molar-refractivity contribution is 5.83. The van der Waals surface area contributed by atoms with E-state index in [4.69, 9.17) is 0 Å². The van der Waals surface area contributed by atoms with Gasteiger partial charge in [0.05, 0.1) is 17.6 Å². The summed E-state index contributed by atoms with van der Waals surface area (Å²) >= 11 is 0. The summed E-state index contributed by atoms with van der Waals surface area (Å²) in [5.74, 6) is -6.52. The summed E-state index contributed by atoms with van der Waals surface area (Å²) in [6.07, 6.45) is -4.04. The van der Waals surface area contributed by atoms with E-state index in [1.807, 2.05) is 0 Å². The van der Waals surface area contributed by atoms with Crippen LogP contribution in [0.5, 0.6) is 0 Å². The summed E-state index contributed by atoms with van der Waals surface area (Å²) in [5, 5.41) is 1.72. The molecule has 1 aromatic heterocycles. The number of hydrogen-bond acceptors (Lipinski definition) is 2. The average Bonchev–Trinajstić information content (AvgIpc) is 2.78. The van der Waals surface area contributed by atoms with Crippen molar-refractivity contribution < 1.29 is 22.4 Å². The first-order chi connectivity index (χ1) is 8.91. The standard InChI is InChI=1S/C11H9F4N3O/c12-9(13)11(14,15)10(19)16-5-8-17-6-3-1-2-4-7(6)18-8/h1-4,9H,5H2,(H,16,19)(H,17,18). The number of carbonyl (C=O) groups excluding carboxylic acids is 1. The molecule has 4 nitrogen and oxygen atoms in total. The quantitative estimate of drug-likeness (QED) is 0.839. The molecule has 0 fully saturated rings. The predicted molar refractivity (Wildman–Crippen MR) is 58.9 cm³/mol. The van der Waals surface area contributed by atoms with Crippen molar-refractivity contribution >= 4 is 16.9 Å². The minimum Gasteiger partial charge on any atom is -0.343 e. The molecule has 0 aliphatic carbocycles. The first-order valence-electron chi connectivity index (χ1n) is 5.29. The summed E-state index contributed by atoms with van der Waals surface area (Å²) in [6, 6.07) is 6.87. The fourth-order valence-electron chi connectivity index (χ4n) is 1.47. The topological polar surface area (TPSA) is 57.8 Å². The number of amides is 1. The van der Waals surface area contributed by atoms with Crippen molar-refractivity contribution in [3.8, 4) is 0 Å². The molecule has 0 unspecified atom stereocenters. The van der Waals surface area contributed by atoms with Crippen LogP contribution < -0.4 is 5.32 Å². The maximum atomic E-state index is 12.7. The Balaban J connectivity index is 2.04. The van der Waals surface area contributed by atoms with Gasteiger partial charge in [-0.1, -0.05) is 12.1 Å². The van der Waals surface area contributed by atoms with E-state index in [-0.39, 0.29) is 12.4 Å². The van der Waals surface area contributed by atoms with Crippen LogP contribution in [0.4, 0.5) is 17.6 Å². The van der Waals surface area contributed by atoms with Gasteiger partial charge >= 0.3 is 12.3 Å². The number of alkyl halides is 4. The number of benzene rings is 1. The van der Waals surface area contributed by atoms with Crippen LogP contribution in [0, 0.1) is 0 Å².